The topological polar surface area (TPSA) is 78.1 Å². The maximum atomic E-state index is 11.6. The third kappa shape index (κ3) is 2.23. The van der Waals surface area contributed by atoms with Crippen LogP contribution in [0.15, 0.2) is 21.9 Å². The summed E-state index contributed by atoms with van der Waals surface area (Å²) in [5.74, 6) is -2.60. The monoisotopic (exact) mass is 264 g/mol. The Morgan fingerprint density at radius 3 is 2.19 bits per heavy atom. The highest BCUT2D eigenvalue weighted by molar-refractivity contribution is 6.28. The first-order chi connectivity index (χ1) is 7.52. The van der Waals surface area contributed by atoms with Gasteiger partial charge in [-0.05, 0) is 0 Å². The summed E-state index contributed by atoms with van der Waals surface area (Å²) >= 11 is 10.5. The fourth-order valence-corrected chi connectivity index (χ4v) is 1.27. The van der Waals surface area contributed by atoms with E-state index in [0.717, 1.165) is 12.3 Å². The van der Waals surface area contributed by atoms with Crippen molar-refractivity contribution in [2.45, 2.75) is 0 Å². The van der Waals surface area contributed by atoms with Gasteiger partial charge in [0, 0.05) is 12.3 Å². The molecule has 0 spiro atoms. The second kappa shape index (κ2) is 5.09. The summed E-state index contributed by atoms with van der Waals surface area (Å²) in [6.07, 6.45) is 0.966. The lowest BCUT2D eigenvalue weighted by Crippen LogP contribution is -2.45. The van der Waals surface area contributed by atoms with Gasteiger partial charge in [-0.1, -0.05) is 0 Å². The van der Waals surface area contributed by atoms with E-state index in [1.807, 2.05) is 0 Å². The minimum atomic E-state index is -1.07. The van der Waals surface area contributed by atoms with Gasteiger partial charge in [0.2, 0.25) is 5.91 Å². The van der Waals surface area contributed by atoms with Crippen LogP contribution in [0.1, 0.15) is 9.59 Å². The fraction of sp³-hybridized carbons (Fsp3) is 0.250. The molecule has 0 fully saturated rings. The normalized spacial score (nSPS) is 10.1. The van der Waals surface area contributed by atoms with Crippen LogP contribution in [0.5, 0.6) is 0 Å². The molecular formula is C8H6Cl2N2O4. The van der Waals surface area contributed by atoms with Gasteiger partial charge in [-0.25, -0.2) is 9.36 Å². The van der Waals surface area contributed by atoms with Gasteiger partial charge < -0.3 is 0 Å². The molecule has 1 heterocycles. The summed E-state index contributed by atoms with van der Waals surface area (Å²) in [6, 6.07) is 0.913. The van der Waals surface area contributed by atoms with E-state index in [2.05, 4.69) is 0 Å². The number of hydrogen-bond donors (Lipinski definition) is 0. The van der Waals surface area contributed by atoms with Crippen molar-refractivity contribution in [3.05, 3.63) is 33.1 Å². The predicted molar refractivity (Wildman–Crippen MR) is 57.7 cm³/mol. The van der Waals surface area contributed by atoms with Crippen molar-refractivity contribution >= 4 is 35.0 Å². The highest BCUT2D eigenvalue weighted by Crippen LogP contribution is 1.85. The third-order valence-electron chi connectivity index (χ3n) is 1.73. The summed E-state index contributed by atoms with van der Waals surface area (Å²) in [5.41, 5.74) is -1.90. The number of hydrogen-bond acceptors (Lipinski definition) is 4. The van der Waals surface area contributed by atoms with Crippen molar-refractivity contribution in [2.75, 3.05) is 11.8 Å². The van der Waals surface area contributed by atoms with Crippen LogP contribution in [0, 0.1) is 0 Å². The SMILES string of the molecule is O=C(CCl)n1ccc(=O)n(C(=O)CCl)c1=O. The molecule has 0 amide bonds. The van der Waals surface area contributed by atoms with Crippen LogP contribution in [-0.2, 0) is 0 Å². The summed E-state index contributed by atoms with van der Waals surface area (Å²) in [5, 5.41) is 0. The highest BCUT2D eigenvalue weighted by atomic mass is 35.5. The smallest absolute Gasteiger partial charge is 0.273 e. The molecule has 8 heteroatoms. The van der Waals surface area contributed by atoms with E-state index >= 15 is 0 Å². The average molecular weight is 265 g/mol. The van der Waals surface area contributed by atoms with Gasteiger partial charge in [-0.15, -0.1) is 23.2 Å². The summed E-state index contributed by atoms with van der Waals surface area (Å²) in [4.78, 5) is 45.2. The molecule has 0 aliphatic rings. The second-order valence-electron chi connectivity index (χ2n) is 2.70. The van der Waals surface area contributed by atoms with E-state index in [1.54, 1.807) is 0 Å². The number of aromatic nitrogens is 2. The van der Waals surface area contributed by atoms with Gasteiger partial charge >= 0.3 is 5.69 Å². The molecule has 0 radical (unpaired) electrons. The molecule has 1 rings (SSSR count). The number of halogens is 2. The third-order valence-corrected chi connectivity index (χ3v) is 2.19. The number of alkyl halides is 2. The van der Waals surface area contributed by atoms with Crippen molar-refractivity contribution in [1.82, 2.24) is 9.13 Å². The van der Waals surface area contributed by atoms with Crippen molar-refractivity contribution < 1.29 is 9.59 Å². The van der Waals surface area contributed by atoms with Crippen molar-refractivity contribution in [3.8, 4) is 0 Å². The van der Waals surface area contributed by atoms with Crippen molar-refractivity contribution in [2.24, 2.45) is 0 Å². The Kier molecular flexibility index (Phi) is 4.03. The molecule has 86 valence electrons. The summed E-state index contributed by atoms with van der Waals surface area (Å²) in [7, 11) is 0. The molecule has 0 N–H and O–H groups in total. The average Bonchev–Trinajstić information content (AvgIpc) is 2.28. The van der Waals surface area contributed by atoms with Gasteiger partial charge in [0.15, 0.2) is 0 Å². The first-order valence-corrected chi connectivity index (χ1v) is 5.13. The molecule has 1 aromatic heterocycles. The maximum absolute atomic E-state index is 11.6. The fourth-order valence-electron chi connectivity index (χ4n) is 1.02. The Labute approximate surface area is 99.0 Å². The van der Waals surface area contributed by atoms with Crippen LogP contribution < -0.4 is 11.2 Å². The Balaban J connectivity index is 3.51. The highest BCUT2D eigenvalue weighted by Gasteiger charge is 2.14. The lowest BCUT2D eigenvalue weighted by atomic mass is 10.5. The lowest BCUT2D eigenvalue weighted by molar-refractivity contribution is 0.0911. The molecule has 0 aliphatic carbocycles. The van der Waals surface area contributed by atoms with E-state index in [9.17, 15) is 19.2 Å². The Bertz CT molecular complexity index is 546. The van der Waals surface area contributed by atoms with E-state index in [-0.39, 0.29) is 4.57 Å². The zero-order valence-corrected chi connectivity index (χ0v) is 9.36. The molecule has 0 saturated heterocycles. The molecule has 0 saturated carbocycles. The molecule has 0 aliphatic heterocycles. The van der Waals surface area contributed by atoms with Crippen LogP contribution >= 0.6 is 23.2 Å². The maximum Gasteiger partial charge on any atom is 0.344 e. The van der Waals surface area contributed by atoms with E-state index < -0.39 is 34.8 Å². The van der Waals surface area contributed by atoms with E-state index in [4.69, 9.17) is 23.2 Å². The Hall–Kier alpha value is -1.40. The Morgan fingerprint density at radius 2 is 1.69 bits per heavy atom. The molecule has 0 bridgehead atoms. The largest absolute Gasteiger partial charge is 0.344 e. The quantitative estimate of drug-likeness (QED) is 0.692. The van der Waals surface area contributed by atoms with Crippen molar-refractivity contribution in [1.29, 1.82) is 0 Å². The predicted octanol–water partition coefficient (Wildman–Crippen LogP) is -0.232. The number of carbonyl (C=O) groups excluding carboxylic acids is 2. The van der Waals surface area contributed by atoms with Gasteiger partial charge in [-0.2, -0.15) is 4.57 Å². The Morgan fingerprint density at radius 1 is 1.12 bits per heavy atom. The van der Waals surface area contributed by atoms with Gasteiger partial charge in [0.05, 0.1) is 0 Å². The molecule has 6 nitrogen and oxygen atoms in total. The number of rotatable bonds is 2. The van der Waals surface area contributed by atoms with Crippen LogP contribution in [-0.4, -0.2) is 32.7 Å². The molecule has 1 aromatic rings. The zero-order chi connectivity index (χ0) is 12.3. The van der Waals surface area contributed by atoms with E-state index in [0.29, 0.717) is 4.57 Å². The minimum Gasteiger partial charge on any atom is -0.273 e. The summed E-state index contributed by atoms with van der Waals surface area (Å²) < 4.78 is 0.871. The lowest BCUT2D eigenvalue weighted by Gasteiger charge is -2.04. The second-order valence-corrected chi connectivity index (χ2v) is 3.23. The number of carbonyl (C=O) groups is 2. The van der Waals surface area contributed by atoms with Gasteiger partial charge in [-0.3, -0.25) is 14.4 Å². The first kappa shape index (κ1) is 12.7. The van der Waals surface area contributed by atoms with Crippen LogP contribution in [0.25, 0.3) is 0 Å². The molecule has 16 heavy (non-hydrogen) atoms. The van der Waals surface area contributed by atoms with Gasteiger partial charge in [0.25, 0.3) is 11.5 Å². The van der Waals surface area contributed by atoms with Crippen LogP contribution in [0.4, 0.5) is 0 Å². The zero-order valence-electron chi connectivity index (χ0n) is 7.85. The standard InChI is InChI=1S/C8H6Cl2N2O4/c9-3-6(14)11-2-1-5(13)12(8(11)16)7(15)4-10/h1-2H,3-4H2. The van der Waals surface area contributed by atoms with Crippen molar-refractivity contribution in [3.63, 3.8) is 0 Å². The van der Waals surface area contributed by atoms with E-state index in [1.165, 1.54) is 0 Å². The molecule has 0 atom stereocenters. The van der Waals surface area contributed by atoms with Crippen LogP contribution in [0.2, 0.25) is 0 Å². The minimum absolute atomic E-state index is 0.289. The van der Waals surface area contributed by atoms with Crippen LogP contribution in [0.3, 0.4) is 0 Å². The molecule has 0 unspecified atom stereocenters. The van der Waals surface area contributed by atoms with Gasteiger partial charge in [0.1, 0.15) is 11.8 Å². The first-order valence-electron chi connectivity index (χ1n) is 4.06. The molecular weight excluding hydrogens is 259 g/mol. The summed E-state index contributed by atoms with van der Waals surface area (Å²) in [6.45, 7) is 0. The molecule has 0 aromatic carbocycles. The number of nitrogens with zero attached hydrogens (tertiary/aromatic N) is 2.